The summed E-state index contributed by atoms with van der Waals surface area (Å²) in [5, 5.41) is 0. The van der Waals surface area contributed by atoms with Crippen LogP contribution in [-0.2, 0) is 30.9 Å². The lowest BCUT2D eigenvalue weighted by molar-refractivity contribution is -0.144. The van der Waals surface area contributed by atoms with E-state index >= 15 is 0 Å². The van der Waals surface area contributed by atoms with Crippen LogP contribution in [0, 0.1) is 11.3 Å². The second-order valence-electron chi connectivity index (χ2n) is 11.6. The molecule has 0 heterocycles. The highest BCUT2D eigenvalue weighted by atomic mass is 16.5. The van der Waals surface area contributed by atoms with Crippen molar-refractivity contribution in [2.24, 2.45) is 11.3 Å². The molecule has 0 saturated heterocycles. The van der Waals surface area contributed by atoms with Gasteiger partial charge in [-0.1, -0.05) is 164 Å². The molecule has 6 rings (SSSR count). The number of hydrogen-bond donors (Lipinski definition) is 0. The summed E-state index contributed by atoms with van der Waals surface area (Å²) >= 11 is 0. The van der Waals surface area contributed by atoms with Crippen molar-refractivity contribution in [3.8, 4) is 0 Å². The standard InChI is InChI=1S/C42H36O4/c1-45-39(43)36(40(44)46-2)28-38-41(29-31-18-8-3-9-19-31,30-37(32-20-10-4-11-21-32)33-22-12-5-13-23-33)42(38,34-24-14-6-15-25-34)35-26-16-7-17-27-35/h3-28,30,38H,29H2,1-2H3. The number of rotatable bonds is 10. The second-order valence-corrected chi connectivity index (χ2v) is 11.6. The summed E-state index contributed by atoms with van der Waals surface area (Å²) in [5.74, 6) is -1.78. The summed E-state index contributed by atoms with van der Waals surface area (Å²) in [7, 11) is 2.57. The van der Waals surface area contributed by atoms with Gasteiger partial charge in [0.15, 0.2) is 0 Å². The van der Waals surface area contributed by atoms with Crippen molar-refractivity contribution >= 4 is 17.5 Å². The SMILES string of the molecule is COC(=O)C(=CC1C(C=C(c2ccccc2)c2ccccc2)(Cc2ccccc2)C1(c1ccccc1)c1ccccc1)C(=O)OC. The highest BCUT2D eigenvalue weighted by molar-refractivity contribution is 6.14. The summed E-state index contributed by atoms with van der Waals surface area (Å²) in [4.78, 5) is 26.4. The van der Waals surface area contributed by atoms with Crippen LogP contribution in [0.25, 0.3) is 5.57 Å². The first kappa shape index (κ1) is 30.5. The number of carbonyl (C=O) groups is 2. The van der Waals surface area contributed by atoms with E-state index in [1.807, 2.05) is 54.6 Å². The van der Waals surface area contributed by atoms with Crippen molar-refractivity contribution in [2.45, 2.75) is 11.8 Å². The number of ether oxygens (including phenoxy) is 2. The van der Waals surface area contributed by atoms with Crippen LogP contribution in [0.15, 0.2) is 169 Å². The fourth-order valence-corrected chi connectivity index (χ4v) is 7.20. The third-order valence-corrected chi connectivity index (χ3v) is 9.19. The van der Waals surface area contributed by atoms with Gasteiger partial charge in [0.05, 0.1) is 14.2 Å². The molecule has 1 fully saturated rings. The van der Waals surface area contributed by atoms with Gasteiger partial charge in [-0.25, -0.2) is 9.59 Å². The molecule has 0 aromatic heterocycles. The Labute approximate surface area is 270 Å². The van der Waals surface area contributed by atoms with E-state index in [1.165, 1.54) is 14.2 Å². The van der Waals surface area contributed by atoms with E-state index in [9.17, 15) is 9.59 Å². The Balaban J connectivity index is 1.75. The first-order chi connectivity index (χ1) is 22.5. The minimum absolute atomic E-state index is 0.115. The maximum Gasteiger partial charge on any atom is 0.344 e. The molecule has 1 saturated carbocycles. The van der Waals surface area contributed by atoms with E-state index in [0.717, 1.165) is 33.4 Å². The fourth-order valence-electron chi connectivity index (χ4n) is 7.20. The third-order valence-electron chi connectivity index (χ3n) is 9.19. The number of benzene rings is 5. The van der Waals surface area contributed by atoms with Gasteiger partial charge in [0.1, 0.15) is 5.57 Å². The first-order valence-corrected chi connectivity index (χ1v) is 15.4. The second kappa shape index (κ2) is 13.3. The van der Waals surface area contributed by atoms with Crippen molar-refractivity contribution in [2.75, 3.05) is 14.2 Å². The van der Waals surface area contributed by atoms with Crippen molar-refractivity contribution in [1.82, 2.24) is 0 Å². The molecule has 4 nitrogen and oxygen atoms in total. The fraction of sp³-hybridized carbons (Fsp3) is 0.143. The minimum Gasteiger partial charge on any atom is -0.465 e. The molecule has 0 spiro atoms. The maximum atomic E-state index is 13.2. The van der Waals surface area contributed by atoms with Crippen LogP contribution in [0.3, 0.4) is 0 Å². The van der Waals surface area contributed by atoms with Crippen LogP contribution >= 0.6 is 0 Å². The van der Waals surface area contributed by atoms with Crippen LogP contribution in [0.2, 0.25) is 0 Å². The average molecular weight is 605 g/mol. The Morgan fingerprint density at radius 3 is 1.39 bits per heavy atom. The molecule has 0 bridgehead atoms. The number of allylic oxidation sites excluding steroid dienone is 2. The molecular formula is C42H36O4. The Morgan fingerprint density at radius 1 is 0.587 bits per heavy atom. The molecular weight excluding hydrogens is 568 g/mol. The van der Waals surface area contributed by atoms with Crippen molar-refractivity contribution in [3.63, 3.8) is 0 Å². The Kier molecular flexibility index (Phi) is 8.80. The summed E-state index contributed by atoms with van der Waals surface area (Å²) in [6.45, 7) is 0. The van der Waals surface area contributed by atoms with E-state index in [2.05, 4.69) is 103 Å². The number of hydrogen-bond acceptors (Lipinski definition) is 4. The van der Waals surface area contributed by atoms with E-state index in [4.69, 9.17) is 9.47 Å². The smallest absolute Gasteiger partial charge is 0.344 e. The molecule has 228 valence electrons. The van der Waals surface area contributed by atoms with Gasteiger partial charge >= 0.3 is 11.9 Å². The molecule has 2 unspecified atom stereocenters. The average Bonchev–Trinajstić information content (AvgIpc) is 3.70. The van der Waals surface area contributed by atoms with E-state index in [0.29, 0.717) is 6.42 Å². The van der Waals surface area contributed by atoms with Gasteiger partial charge in [0.25, 0.3) is 0 Å². The lowest BCUT2D eigenvalue weighted by atomic mass is 9.76. The Hall–Kier alpha value is -5.48. The van der Waals surface area contributed by atoms with Crippen molar-refractivity contribution < 1.29 is 19.1 Å². The van der Waals surface area contributed by atoms with Crippen LogP contribution in [0.5, 0.6) is 0 Å². The molecule has 5 aromatic carbocycles. The lowest BCUT2D eigenvalue weighted by Gasteiger charge is -2.27. The van der Waals surface area contributed by atoms with Gasteiger partial charge in [-0.2, -0.15) is 0 Å². The number of carbonyl (C=O) groups excluding carboxylic acids is 2. The van der Waals surface area contributed by atoms with Crippen LogP contribution in [0.4, 0.5) is 0 Å². The third kappa shape index (κ3) is 5.48. The quantitative estimate of drug-likeness (QED) is 0.0698. The maximum absolute atomic E-state index is 13.2. The van der Waals surface area contributed by atoms with Crippen LogP contribution in [-0.4, -0.2) is 26.2 Å². The Bertz CT molecular complexity index is 1750. The predicted octanol–water partition coefficient (Wildman–Crippen LogP) is 8.24. The number of methoxy groups -OCH3 is 2. The van der Waals surface area contributed by atoms with Gasteiger partial charge < -0.3 is 9.47 Å². The van der Waals surface area contributed by atoms with Crippen molar-refractivity contribution in [1.29, 1.82) is 0 Å². The molecule has 0 radical (unpaired) electrons. The zero-order valence-corrected chi connectivity index (χ0v) is 26.0. The normalized spacial score (nSPS) is 17.7. The molecule has 1 aliphatic carbocycles. The predicted molar refractivity (Wildman–Crippen MR) is 182 cm³/mol. The topological polar surface area (TPSA) is 52.6 Å². The summed E-state index contributed by atoms with van der Waals surface area (Å²) < 4.78 is 10.3. The van der Waals surface area contributed by atoms with E-state index in [-0.39, 0.29) is 11.5 Å². The Morgan fingerprint density at radius 2 is 0.978 bits per heavy atom. The molecule has 5 aromatic rings. The minimum atomic E-state index is -0.724. The lowest BCUT2D eigenvalue weighted by Crippen LogP contribution is -2.22. The molecule has 0 N–H and O–H groups in total. The highest BCUT2D eigenvalue weighted by Gasteiger charge is 2.75. The number of esters is 2. The zero-order valence-electron chi connectivity index (χ0n) is 26.0. The van der Waals surface area contributed by atoms with E-state index in [1.54, 1.807) is 6.08 Å². The molecule has 2 atom stereocenters. The molecule has 0 amide bonds. The van der Waals surface area contributed by atoms with Gasteiger partial charge in [0, 0.05) is 16.7 Å². The van der Waals surface area contributed by atoms with E-state index < -0.39 is 22.8 Å². The van der Waals surface area contributed by atoms with Crippen LogP contribution in [0.1, 0.15) is 27.8 Å². The van der Waals surface area contributed by atoms with Gasteiger partial charge in [-0.05, 0) is 39.8 Å². The van der Waals surface area contributed by atoms with Gasteiger partial charge in [-0.15, -0.1) is 0 Å². The summed E-state index contributed by atoms with van der Waals surface area (Å²) in [6.07, 6.45) is 4.82. The largest absolute Gasteiger partial charge is 0.465 e. The molecule has 1 aliphatic rings. The zero-order chi connectivity index (χ0) is 32.0. The summed E-state index contributed by atoms with van der Waals surface area (Å²) in [5.41, 5.74) is 5.13. The first-order valence-electron chi connectivity index (χ1n) is 15.4. The van der Waals surface area contributed by atoms with Gasteiger partial charge in [0.2, 0.25) is 0 Å². The highest BCUT2D eigenvalue weighted by Crippen LogP contribution is 2.76. The van der Waals surface area contributed by atoms with Crippen LogP contribution < -0.4 is 0 Å². The molecule has 4 heteroatoms. The van der Waals surface area contributed by atoms with Crippen molar-refractivity contribution in [3.05, 3.63) is 197 Å². The van der Waals surface area contributed by atoms with Gasteiger partial charge in [-0.3, -0.25) is 0 Å². The summed E-state index contributed by atoms with van der Waals surface area (Å²) in [6, 6.07) is 52.0. The monoisotopic (exact) mass is 604 g/mol. The molecule has 46 heavy (non-hydrogen) atoms. The molecule has 0 aliphatic heterocycles.